The second kappa shape index (κ2) is 9.85. The van der Waals surface area contributed by atoms with Crippen LogP contribution in [0.2, 0.25) is 0 Å². The molecule has 2 aromatic heterocycles. The molecule has 0 bridgehead atoms. The average molecular weight is 473 g/mol. The number of aliphatic hydroxyl groups excluding tert-OH is 2. The molecule has 0 radical (unpaired) electrons. The smallest absolute Gasteiger partial charge is 0.320 e. The van der Waals surface area contributed by atoms with Crippen molar-refractivity contribution in [2.75, 3.05) is 24.6 Å². The van der Waals surface area contributed by atoms with E-state index in [4.69, 9.17) is 14.4 Å². The lowest BCUT2D eigenvalue weighted by atomic mass is 10.1. The second-order valence-corrected chi connectivity index (χ2v) is 8.78. The van der Waals surface area contributed by atoms with E-state index >= 15 is 0 Å². The lowest BCUT2D eigenvalue weighted by Gasteiger charge is -2.25. The van der Waals surface area contributed by atoms with Gasteiger partial charge in [-0.05, 0) is 6.92 Å². The summed E-state index contributed by atoms with van der Waals surface area (Å²) < 4.78 is 23.4. The first kappa shape index (κ1) is 24.0. The van der Waals surface area contributed by atoms with Crippen LogP contribution in [-0.4, -0.2) is 84.5 Å². The highest BCUT2D eigenvalue weighted by atomic mass is 31.2. The molecule has 0 saturated carbocycles. The number of aromatic nitrogens is 4. The van der Waals surface area contributed by atoms with Crippen LogP contribution in [-0.2, 0) is 18.6 Å². The van der Waals surface area contributed by atoms with Crippen LogP contribution in [0.4, 0.5) is 10.6 Å². The van der Waals surface area contributed by atoms with Crippen LogP contribution in [0.3, 0.4) is 0 Å². The molecule has 176 valence electrons. The zero-order valence-corrected chi connectivity index (χ0v) is 17.7. The largest absolute Gasteiger partial charge is 0.778 e. The number of rotatable bonds is 9. The quantitative estimate of drug-likeness (QED) is 0.266. The standard InChI is InChI=1S/C16H23N6O9P/c1-2-17-16(27)21-13-10-14(19-6-18-13)22(7-20-10)15-12(26)11(25)8(31-15)5-30-32(28,29)4-3-9(23)24/h6-8,11-12,15,25-26H,2-5H2,1H3,(H,23,24)(H,28,29)(H2,17,18,19,21,27)/p-1/t8-,11+,12+,15-/m1/s1. The highest BCUT2D eigenvalue weighted by molar-refractivity contribution is 7.51. The Balaban J connectivity index is 1.74. The molecule has 15 nitrogen and oxygen atoms in total. The number of carbonyl (C=O) groups is 2. The molecule has 5 atom stereocenters. The molecule has 2 aromatic rings. The van der Waals surface area contributed by atoms with E-state index < -0.39 is 63.3 Å². The molecule has 1 fully saturated rings. The molecular weight excluding hydrogens is 451 g/mol. The third kappa shape index (κ3) is 5.38. The van der Waals surface area contributed by atoms with E-state index in [9.17, 15) is 29.3 Å². The van der Waals surface area contributed by atoms with E-state index in [0.29, 0.717) is 6.54 Å². The molecule has 1 unspecified atom stereocenters. The molecule has 0 aliphatic carbocycles. The first-order valence-corrected chi connectivity index (χ1v) is 11.3. The van der Waals surface area contributed by atoms with Gasteiger partial charge in [-0.2, -0.15) is 0 Å². The zero-order chi connectivity index (χ0) is 23.5. The van der Waals surface area contributed by atoms with Gasteiger partial charge >= 0.3 is 12.0 Å². The van der Waals surface area contributed by atoms with Crippen LogP contribution in [0.25, 0.3) is 11.2 Å². The summed E-state index contributed by atoms with van der Waals surface area (Å²) in [6.45, 7) is 1.51. The van der Waals surface area contributed by atoms with Gasteiger partial charge in [-0.3, -0.25) is 14.7 Å². The SMILES string of the molecule is CCNC(=O)Nc1ncnc2c1ncn2[C@@H]1O[C@H](COP(=O)([O-])CCC(=O)O)[C@H](O)[C@@H]1O. The number of aliphatic hydroxyl groups is 2. The minimum Gasteiger partial charge on any atom is -0.778 e. The molecule has 0 aromatic carbocycles. The minimum absolute atomic E-state index is 0.110. The summed E-state index contributed by atoms with van der Waals surface area (Å²) in [5.41, 5.74) is 0.377. The highest BCUT2D eigenvalue weighted by Gasteiger charge is 2.44. The van der Waals surface area contributed by atoms with Crippen LogP contribution >= 0.6 is 7.60 Å². The maximum atomic E-state index is 11.8. The van der Waals surface area contributed by atoms with Crippen molar-refractivity contribution in [3.63, 3.8) is 0 Å². The van der Waals surface area contributed by atoms with Gasteiger partial charge in [0.1, 0.15) is 32.2 Å². The van der Waals surface area contributed by atoms with Crippen LogP contribution < -0.4 is 15.5 Å². The summed E-state index contributed by atoms with van der Waals surface area (Å²) in [5.74, 6) is -1.19. The van der Waals surface area contributed by atoms with Crippen molar-refractivity contribution >= 4 is 36.6 Å². The summed E-state index contributed by atoms with van der Waals surface area (Å²) in [6.07, 6.45) is -4.34. The molecule has 0 spiro atoms. The Morgan fingerprint density at radius 2 is 2.06 bits per heavy atom. The normalized spacial score (nSPS) is 24.9. The fourth-order valence-corrected chi connectivity index (χ4v) is 3.99. The molecular formula is C16H22N6O9P-. The number of aliphatic carboxylic acids is 1. The lowest BCUT2D eigenvalue weighted by molar-refractivity contribution is -0.202. The van der Waals surface area contributed by atoms with Gasteiger partial charge in [0.25, 0.3) is 0 Å². The van der Waals surface area contributed by atoms with Gasteiger partial charge < -0.3 is 39.4 Å². The van der Waals surface area contributed by atoms with Crippen molar-refractivity contribution in [1.82, 2.24) is 24.8 Å². The van der Waals surface area contributed by atoms with Crippen molar-refractivity contribution in [2.24, 2.45) is 0 Å². The summed E-state index contributed by atoms with van der Waals surface area (Å²) in [5, 5.41) is 34.4. The van der Waals surface area contributed by atoms with Crippen molar-refractivity contribution in [3.05, 3.63) is 12.7 Å². The Labute approximate surface area is 180 Å². The second-order valence-electron chi connectivity index (χ2n) is 6.85. The molecule has 3 rings (SSSR count). The van der Waals surface area contributed by atoms with E-state index in [1.807, 2.05) is 0 Å². The van der Waals surface area contributed by atoms with Crippen LogP contribution in [0.15, 0.2) is 12.7 Å². The number of hydrogen-bond donors (Lipinski definition) is 5. The van der Waals surface area contributed by atoms with Crippen LogP contribution in [0.5, 0.6) is 0 Å². The average Bonchev–Trinajstić information content (AvgIpc) is 3.28. The van der Waals surface area contributed by atoms with Crippen molar-refractivity contribution < 1.29 is 43.6 Å². The maximum absolute atomic E-state index is 11.8. The number of nitrogens with one attached hydrogen (secondary N) is 2. The van der Waals surface area contributed by atoms with Gasteiger partial charge in [-0.15, -0.1) is 0 Å². The van der Waals surface area contributed by atoms with Gasteiger partial charge in [0.2, 0.25) is 0 Å². The first-order chi connectivity index (χ1) is 15.1. The van der Waals surface area contributed by atoms with Gasteiger partial charge in [-0.1, -0.05) is 0 Å². The Kier molecular flexibility index (Phi) is 7.38. The van der Waals surface area contributed by atoms with Gasteiger partial charge in [0.15, 0.2) is 23.2 Å². The molecule has 1 aliphatic rings. The number of carboxylic acids is 1. The predicted octanol–water partition coefficient (Wildman–Crippen LogP) is -1.37. The minimum atomic E-state index is -4.48. The fourth-order valence-electron chi connectivity index (χ4n) is 3.02. The Morgan fingerprint density at radius 3 is 2.75 bits per heavy atom. The number of nitrogens with zero attached hydrogens (tertiary/aromatic N) is 4. The van der Waals surface area contributed by atoms with Crippen LogP contribution in [0.1, 0.15) is 19.6 Å². The van der Waals surface area contributed by atoms with Crippen molar-refractivity contribution in [2.45, 2.75) is 37.9 Å². The summed E-state index contributed by atoms with van der Waals surface area (Å²) >= 11 is 0. The monoisotopic (exact) mass is 473 g/mol. The van der Waals surface area contributed by atoms with Crippen molar-refractivity contribution in [1.29, 1.82) is 0 Å². The number of amides is 2. The van der Waals surface area contributed by atoms with Crippen molar-refractivity contribution in [3.8, 4) is 0 Å². The third-order valence-electron chi connectivity index (χ3n) is 4.57. The molecule has 3 heterocycles. The molecule has 1 saturated heterocycles. The summed E-state index contributed by atoms with van der Waals surface area (Å²) in [4.78, 5) is 46.3. The van der Waals surface area contributed by atoms with E-state index in [2.05, 4.69) is 25.6 Å². The topological polar surface area (TPSA) is 221 Å². The number of imidazole rings is 1. The Morgan fingerprint density at radius 1 is 1.31 bits per heavy atom. The zero-order valence-electron chi connectivity index (χ0n) is 16.8. The fraction of sp³-hybridized carbons (Fsp3) is 0.562. The van der Waals surface area contributed by atoms with E-state index in [1.54, 1.807) is 6.92 Å². The van der Waals surface area contributed by atoms with Crippen LogP contribution in [0, 0.1) is 0 Å². The van der Waals surface area contributed by atoms with Gasteiger partial charge in [-0.25, -0.2) is 19.7 Å². The predicted molar refractivity (Wildman–Crippen MR) is 105 cm³/mol. The van der Waals surface area contributed by atoms with Gasteiger partial charge in [0, 0.05) is 12.7 Å². The summed E-state index contributed by atoms with van der Waals surface area (Å²) in [7, 11) is -4.48. The maximum Gasteiger partial charge on any atom is 0.320 e. The lowest BCUT2D eigenvalue weighted by Crippen LogP contribution is -2.34. The number of ether oxygens (including phenoxy) is 1. The molecule has 1 aliphatic heterocycles. The molecule has 32 heavy (non-hydrogen) atoms. The number of carboxylic acid groups (broad SMARTS) is 1. The van der Waals surface area contributed by atoms with E-state index in [0.717, 1.165) is 6.33 Å². The van der Waals surface area contributed by atoms with E-state index in [1.165, 1.54) is 10.9 Å². The first-order valence-electron chi connectivity index (χ1n) is 9.53. The number of hydrogen-bond acceptors (Lipinski definition) is 11. The number of carbonyl (C=O) groups excluding carboxylic acids is 1. The number of urea groups is 1. The molecule has 16 heteroatoms. The Hall–Kier alpha value is -2.68. The van der Waals surface area contributed by atoms with E-state index in [-0.39, 0.29) is 17.0 Å². The Bertz CT molecular complexity index is 1030. The number of anilines is 1. The molecule has 5 N–H and O–H groups in total. The number of fused-ring (bicyclic) bond motifs is 1. The van der Waals surface area contributed by atoms with Gasteiger partial charge in [0.05, 0.1) is 19.4 Å². The third-order valence-corrected chi connectivity index (χ3v) is 5.89. The molecule has 2 amide bonds. The summed E-state index contributed by atoms with van der Waals surface area (Å²) in [6, 6.07) is -0.503. The highest BCUT2D eigenvalue weighted by Crippen LogP contribution is 2.40.